The minimum Gasteiger partial charge on any atom is -0.437 e. The predicted molar refractivity (Wildman–Crippen MR) is 73.8 cm³/mol. The Morgan fingerprint density at radius 1 is 1.16 bits per heavy atom. The highest BCUT2D eigenvalue weighted by molar-refractivity contribution is 6.30. The smallest absolute Gasteiger partial charge is 0.242 e. The zero-order valence-electron chi connectivity index (χ0n) is 10.9. The lowest BCUT2D eigenvalue weighted by Gasteiger charge is -2.12. The lowest BCUT2D eigenvalue weighted by Crippen LogP contribution is -2.00. The third kappa shape index (κ3) is 3.03. The van der Waals surface area contributed by atoms with Gasteiger partial charge in [-0.2, -0.15) is 0 Å². The van der Waals surface area contributed by atoms with E-state index in [4.69, 9.17) is 21.4 Å². The third-order valence-electron chi connectivity index (χ3n) is 2.98. The van der Waals surface area contributed by atoms with Crippen molar-refractivity contribution < 1.29 is 9.84 Å². The molecule has 0 saturated heterocycles. The zero-order valence-corrected chi connectivity index (χ0v) is 11.6. The van der Waals surface area contributed by atoms with E-state index in [1.807, 2.05) is 38.1 Å². The molecule has 0 unspecified atom stereocenters. The van der Waals surface area contributed by atoms with Crippen LogP contribution < -0.4 is 4.74 Å². The fourth-order valence-corrected chi connectivity index (χ4v) is 1.87. The highest BCUT2D eigenvalue weighted by Gasteiger charge is 2.11. The minimum atomic E-state index is 0.0741. The van der Waals surface area contributed by atoms with E-state index in [-0.39, 0.29) is 6.61 Å². The molecule has 2 aromatic rings. The molecule has 0 bridgehead atoms. The van der Waals surface area contributed by atoms with Crippen LogP contribution >= 0.6 is 11.6 Å². The summed E-state index contributed by atoms with van der Waals surface area (Å²) in [5.41, 5.74) is 2.64. The second kappa shape index (κ2) is 5.99. The molecule has 5 heteroatoms. The van der Waals surface area contributed by atoms with Gasteiger partial charge in [-0.1, -0.05) is 29.8 Å². The summed E-state index contributed by atoms with van der Waals surface area (Å²) in [5.74, 6) is 1.11. The monoisotopic (exact) mass is 278 g/mol. The van der Waals surface area contributed by atoms with Crippen LogP contribution in [0.2, 0.25) is 5.15 Å². The topological polar surface area (TPSA) is 55.2 Å². The summed E-state index contributed by atoms with van der Waals surface area (Å²) in [6.07, 6.45) is 0.537. The van der Waals surface area contributed by atoms with E-state index in [0.717, 1.165) is 16.7 Å². The summed E-state index contributed by atoms with van der Waals surface area (Å²) in [6, 6.07) is 7.54. The van der Waals surface area contributed by atoms with Crippen molar-refractivity contribution >= 4 is 11.6 Å². The molecule has 1 aromatic heterocycles. The van der Waals surface area contributed by atoms with Gasteiger partial charge >= 0.3 is 0 Å². The molecule has 0 amide bonds. The molecule has 1 heterocycles. The average Bonchev–Trinajstić information content (AvgIpc) is 2.42. The number of aliphatic hydroxyl groups excluding tert-OH is 1. The van der Waals surface area contributed by atoms with Crippen LogP contribution in [0.3, 0.4) is 0 Å². The quantitative estimate of drug-likeness (QED) is 0.934. The van der Waals surface area contributed by atoms with Gasteiger partial charge in [0.25, 0.3) is 0 Å². The van der Waals surface area contributed by atoms with E-state index < -0.39 is 0 Å². The Hall–Kier alpha value is -1.65. The van der Waals surface area contributed by atoms with Gasteiger partial charge in [-0.05, 0) is 37.5 Å². The second-order valence-corrected chi connectivity index (χ2v) is 4.59. The van der Waals surface area contributed by atoms with Gasteiger partial charge in [-0.3, -0.25) is 0 Å². The lowest BCUT2D eigenvalue weighted by molar-refractivity contribution is 0.297. The summed E-state index contributed by atoms with van der Waals surface area (Å²) in [5, 5.41) is 17.2. The van der Waals surface area contributed by atoms with Crippen molar-refractivity contribution in [1.82, 2.24) is 10.2 Å². The SMILES string of the molecule is Cc1c(Cl)nnc(Oc2ccccc2CCO)c1C. The van der Waals surface area contributed by atoms with Gasteiger partial charge in [-0.25, -0.2) is 0 Å². The number of benzene rings is 1. The normalized spacial score (nSPS) is 10.5. The van der Waals surface area contributed by atoms with E-state index in [1.54, 1.807) is 0 Å². The Morgan fingerprint density at radius 3 is 2.63 bits per heavy atom. The summed E-state index contributed by atoms with van der Waals surface area (Å²) >= 11 is 5.91. The van der Waals surface area contributed by atoms with Crippen molar-refractivity contribution in [3.8, 4) is 11.6 Å². The molecule has 0 spiro atoms. The van der Waals surface area contributed by atoms with Crippen LogP contribution in [0, 0.1) is 13.8 Å². The maximum Gasteiger partial charge on any atom is 0.242 e. The molecule has 100 valence electrons. The molecule has 19 heavy (non-hydrogen) atoms. The first-order chi connectivity index (χ1) is 9.13. The Morgan fingerprint density at radius 2 is 1.89 bits per heavy atom. The maximum atomic E-state index is 9.04. The van der Waals surface area contributed by atoms with Crippen molar-refractivity contribution in [2.24, 2.45) is 0 Å². The van der Waals surface area contributed by atoms with Gasteiger partial charge in [0.1, 0.15) is 5.75 Å². The highest BCUT2D eigenvalue weighted by Crippen LogP contribution is 2.29. The minimum absolute atomic E-state index is 0.0741. The molecule has 1 aromatic carbocycles. The van der Waals surface area contributed by atoms with Gasteiger partial charge in [-0.15, -0.1) is 10.2 Å². The predicted octanol–water partition coefficient (Wildman–Crippen LogP) is 3.07. The van der Waals surface area contributed by atoms with E-state index in [2.05, 4.69) is 10.2 Å². The summed E-state index contributed by atoms with van der Waals surface area (Å²) < 4.78 is 5.79. The van der Waals surface area contributed by atoms with Crippen LogP contribution in [0.1, 0.15) is 16.7 Å². The molecule has 0 aliphatic rings. The first kappa shape index (κ1) is 13.8. The molecular formula is C14H15ClN2O2. The number of hydrogen-bond acceptors (Lipinski definition) is 4. The molecule has 2 rings (SSSR count). The molecular weight excluding hydrogens is 264 g/mol. The first-order valence-electron chi connectivity index (χ1n) is 5.99. The molecule has 0 fully saturated rings. The van der Waals surface area contributed by atoms with Crippen LogP contribution in [-0.4, -0.2) is 21.9 Å². The van der Waals surface area contributed by atoms with Crippen molar-refractivity contribution in [2.75, 3.05) is 6.61 Å². The van der Waals surface area contributed by atoms with E-state index in [0.29, 0.717) is 23.2 Å². The number of halogens is 1. The largest absolute Gasteiger partial charge is 0.437 e. The maximum absolute atomic E-state index is 9.04. The molecule has 1 N–H and O–H groups in total. The van der Waals surface area contributed by atoms with Gasteiger partial charge in [0.2, 0.25) is 5.88 Å². The number of aromatic nitrogens is 2. The van der Waals surface area contributed by atoms with Crippen LogP contribution in [0.5, 0.6) is 11.6 Å². The summed E-state index contributed by atoms with van der Waals surface area (Å²) in [6.45, 7) is 3.84. The van der Waals surface area contributed by atoms with E-state index >= 15 is 0 Å². The van der Waals surface area contributed by atoms with Crippen molar-refractivity contribution in [3.05, 3.63) is 46.1 Å². The van der Waals surface area contributed by atoms with Crippen molar-refractivity contribution in [2.45, 2.75) is 20.3 Å². The Labute approximate surface area is 117 Å². The Bertz CT molecular complexity index is 588. The fraction of sp³-hybridized carbons (Fsp3) is 0.286. The molecule has 4 nitrogen and oxygen atoms in total. The third-order valence-corrected chi connectivity index (χ3v) is 3.34. The van der Waals surface area contributed by atoms with Gasteiger partial charge < -0.3 is 9.84 Å². The number of nitrogens with zero attached hydrogens (tertiary/aromatic N) is 2. The second-order valence-electron chi connectivity index (χ2n) is 4.23. The van der Waals surface area contributed by atoms with Crippen LogP contribution in [-0.2, 0) is 6.42 Å². The summed E-state index contributed by atoms with van der Waals surface area (Å²) in [4.78, 5) is 0. The number of hydrogen-bond donors (Lipinski definition) is 1. The number of rotatable bonds is 4. The van der Waals surface area contributed by atoms with E-state index in [9.17, 15) is 0 Å². The standard InChI is InChI=1S/C14H15ClN2O2/c1-9-10(2)14(17-16-13(9)15)19-12-6-4-3-5-11(12)7-8-18/h3-6,18H,7-8H2,1-2H3. The van der Waals surface area contributed by atoms with Crippen LogP contribution in [0.25, 0.3) is 0 Å². The summed E-state index contributed by atoms with van der Waals surface area (Å²) in [7, 11) is 0. The molecule has 0 atom stereocenters. The molecule has 0 aliphatic carbocycles. The fourth-order valence-electron chi connectivity index (χ4n) is 1.69. The Balaban J connectivity index is 2.34. The van der Waals surface area contributed by atoms with E-state index in [1.165, 1.54) is 0 Å². The van der Waals surface area contributed by atoms with Crippen LogP contribution in [0.4, 0.5) is 0 Å². The van der Waals surface area contributed by atoms with Crippen molar-refractivity contribution in [1.29, 1.82) is 0 Å². The van der Waals surface area contributed by atoms with Crippen LogP contribution in [0.15, 0.2) is 24.3 Å². The molecule has 0 aliphatic heterocycles. The average molecular weight is 279 g/mol. The number of aliphatic hydroxyl groups is 1. The first-order valence-corrected chi connectivity index (χ1v) is 6.37. The van der Waals surface area contributed by atoms with Crippen molar-refractivity contribution in [3.63, 3.8) is 0 Å². The van der Waals surface area contributed by atoms with Gasteiger partial charge in [0, 0.05) is 12.2 Å². The van der Waals surface area contributed by atoms with Gasteiger partial charge in [0.05, 0.1) is 0 Å². The Kier molecular flexibility index (Phi) is 4.35. The lowest BCUT2D eigenvalue weighted by atomic mass is 10.1. The molecule has 0 saturated carbocycles. The van der Waals surface area contributed by atoms with Gasteiger partial charge in [0.15, 0.2) is 5.15 Å². The zero-order chi connectivity index (χ0) is 13.8. The highest BCUT2D eigenvalue weighted by atomic mass is 35.5. The number of ether oxygens (including phenoxy) is 1. The molecule has 0 radical (unpaired) electrons. The number of para-hydroxylation sites is 1.